The molecule has 0 spiro atoms. The van der Waals surface area contributed by atoms with Crippen LogP contribution in [0, 0.1) is 19.7 Å². The van der Waals surface area contributed by atoms with Crippen molar-refractivity contribution in [3.63, 3.8) is 0 Å². The summed E-state index contributed by atoms with van der Waals surface area (Å²) in [6.45, 7) is 4.13. The predicted molar refractivity (Wildman–Crippen MR) is 83.5 cm³/mol. The van der Waals surface area contributed by atoms with E-state index in [9.17, 15) is 9.18 Å². The van der Waals surface area contributed by atoms with Gasteiger partial charge >= 0.3 is 11.8 Å². The summed E-state index contributed by atoms with van der Waals surface area (Å²) in [6, 6.07) is 5.62. The first-order valence-corrected chi connectivity index (χ1v) is 7.32. The molecule has 7 nitrogen and oxygen atoms in total. The van der Waals surface area contributed by atoms with Gasteiger partial charge < -0.3 is 9.84 Å². The number of rotatable bonds is 4. The Labute approximate surface area is 137 Å². The Balaban J connectivity index is 1.71. The molecule has 24 heavy (non-hydrogen) atoms. The number of halogens is 1. The predicted octanol–water partition coefficient (Wildman–Crippen LogP) is 2.16. The Kier molecular flexibility index (Phi) is 4.11. The lowest BCUT2D eigenvalue weighted by molar-refractivity contribution is 0.0907. The number of nitrogens with one attached hydrogen (secondary N) is 1. The van der Waals surface area contributed by atoms with Crippen molar-refractivity contribution in [2.75, 3.05) is 0 Å². The quantitative estimate of drug-likeness (QED) is 0.793. The van der Waals surface area contributed by atoms with Crippen molar-refractivity contribution in [1.29, 1.82) is 0 Å². The van der Waals surface area contributed by atoms with E-state index in [0.717, 1.165) is 17.0 Å². The molecule has 3 rings (SSSR count). The number of benzene rings is 1. The number of hydrogen-bond acceptors (Lipinski definition) is 5. The summed E-state index contributed by atoms with van der Waals surface area (Å²) in [6.07, 6.45) is 0. The average molecular weight is 329 g/mol. The second kappa shape index (κ2) is 6.23. The summed E-state index contributed by atoms with van der Waals surface area (Å²) in [7, 11) is 1.85. The smallest absolute Gasteiger partial charge is 0.316 e. The molecule has 2 heterocycles. The van der Waals surface area contributed by atoms with Gasteiger partial charge in [0.25, 0.3) is 0 Å². The van der Waals surface area contributed by atoms with E-state index >= 15 is 0 Å². The fourth-order valence-electron chi connectivity index (χ4n) is 2.35. The number of aromatic nitrogens is 4. The number of carbonyl (C=O) groups excluding carboxylic acids is 1. The highest BCUT2D eigenvalue weighted by molar-refractivity contribution is 5.89. The molecule has 0 atom stereocenters. The van der Waals surface area contributed by atoms with Crippen molar-refractivity contribution in [2.24, 2.45) is 7.05 Å². The fourth-order valence-corrected chi connectivity index (χ4v) is 2.35. The lowest BCUT2D eigenvalue weighted by atomic mass is 10.2. The SMILES string of the molecule is Cc1nn(C)c(C)c1CNC(=O)c1nc(-c2ccc(F)cc2)no1. The molecule has 0 radical (unpaired) electrons. The van der Waals surface area contributed by atoms with Gasteiger partial charge in [-0.15, -0.1) is 0 Å². The molecule has 0 saturated heterocycles. The third-order valence-corrected chi connectivity index (χ3v) is 3.81. The minimum Gasteiger partial charge on any atom is -0.344 e. The molecule has 1 aromatic carbocycles. The molecule has 3 aromatic rings. The number of amides is 1. The zero-order valence-electron chi connectivity index (χ0n) is 13.5. The van der Waals surface area contributed by atoms with Crippen LogP contribution in [-0.4, -0.2) is 25.8 Å². The fraction of sp³-hybridized carbons (Fsp3) is 0.250. The lowest BCUT2D eigenvalue weighted by Gasteiger charge is -2.03. The van der Waals surface area contributed by atoms with Crippen LogP contribution in [0.3, 0.4) is 0 Å². The van der Waals surface area contributed by atoms with Crippen LogP contribution in [0.2, 0.25) is 0 Å². The van der Waals surface area contributed by atoms with Gasteiger partial charge in [0, 0.05) is 30.4 Å². The van der Waals surface area contributed by atoms with Crippen molar-refractivity contribution >= 4 is 5.91 Å². The van der Waals surface area contributed by atoms with Crippen LogP contribution >= 0.6 is 0 Å². The highest BCUT2D eigenvalue weighted by Crippen LogP contribution is 2.16. The molecule has 2 aromatic heterocycles. The summed E-state index contributed by atoms with van der Waals surface area (Å²) in [5.41, 5.74) is 3.35. The topological polar surface area (TPSA) is 85.8 Å². The van der Waals surface area contributed by atoms with Crippen molar-refractivity contribution in [1.82, 2.24) is 25.2 Å². The average Bonchev–Trinajstić information content (AvgIpc) is 3.13. The molecular weight excluding hydrogens is 313 g/mol. The van der Waals surface area contributed by atoms with Gasteiger partial charge in [-0.05, 0) is 38.1 Å². The Morgan fingerprint density at radius 2 is 2.00 bits per heavy atom. The van der Waals surface area contributed by atoms with Crippen LogP contribution in [-0.2, 0) is 13.6 Å². The molecule has 1 N–H and O–H groups in total. The highest BCUT2D eigenvalue weighted by atomic mass is 19.1. The largest absolute Gasteiger partial charge is 0.344 e. The first-order chi connectivity index (χ1) is 11.5. The van der Waals surface area contributed by atoms with E-state index in [-0.39, 0.29) is 17.5 Å². The van der Waals surface area contributed by atoms with Crippen LogP contribution in [0.1, 0.15) is 27.6 Å². The molecule has 0 fully saturated rings. The van der Waals surface area contributed by atoms with Crippen molar-refractivity contribution < 1.29 is 13.7 Å². The Bertz CT molecular complexity index is 883. The van der Waals surface area contributed by atoms with Crippen LogP contribution in [0.25, 0.3) is 11.4 Å². The van der Waals surface area contributed by atoms with Crippen LogP contribution in [0.15, 0.2) is 28.8 Å². The van der Waals surface area contributed by atoms with Gasteiger partial charge in [0.15, 0.2) is 0 Å². The highest BCUT2D eigenvalue weighted by Gasteiger charge is 2.17. The van der Waals surface area contributed by atoms with Crippen LogP contribution < -0.4 is 5.32 Å². The van der Waals surface area contributed by atoms with E-state index < -0.39 is 5.91 Å². The van der Waals surface area contributed by atoms with Gasteiger partial charge in [0.1, 0.15) is 5.82 Å². The van der Waals surface area contributed by atoms with Gasteiger partial charge in [0.2, 0.25) is 5.82 Å². The number of nitrogens with zero attached hydrogens (tertiary/aromatic N) is 4. The first-order valence-electron chi connectivity index (χ1n) is 7.32. The van der Waals surface area contributed by atoms with E-state index in [1.807, 2.05) is 20.9 Å². The molecule has 0 aliphatic carbocycles. The number of hydrogen-bond donors (Lipinski definition) is 1. The second-order valence-electron chi connectivity index (χ2n) is 5.39. The molecule has 0 bridgehead atoms. The summed E-state index contributed by atoms with van der Waals surface area (Å²) in [5.74, 6) is -0.747. The van der Waals surface area contributed by atoms with Gasteiger partial charge in [-0.3, -0.25) is 9.48 Å². The second-order valence-corrected chi connectivity index (χ2v) is 5.39. The zero-order valence-corrected chi connectivity index (χ0v) is 13.5. The summed E-state index contributed by atoms with van der Waals surface area (Å²) < 4.78 is 19.7. The normalized spacial score (nSPS) is 10.8. The van der Waals surface area contributed by atoms with E-state index in [4.69, 9.17) is 4.52 Å². The number of aryl methyl sites for hydroxylation is 2. The van der Waals surface area contributed by atoms with E-state index in [1.165, 1.54) is 24.3 Å². The molecule has 0 aliphatic heterocycles. The Morgan fingerprint density at radius 1 is 1.29 bits per heavy atom. The maximum Gasteiger partial charge on any atom is 0.316 e. The van der Waals surface area contributed by atoms with Gasteiger partial charge in [-0.25, -0.2) is 4.39 Å². The molecule has 0 saturated carbocycles. The van der Waals surface area contributed by atoms with Crippen molar-refractivity contribution in [3.8, 4) is 11.4 Å². The zero-order chi connectivity index (χ0) is 17.3. The summed E-state index contributed by atoms with van der Waals surface area (Å²) in [5, 5.41) is 10.8. The Morgan fingerprint density at radius 3 is 2.62 bits per heavy atom. The first kappa shape index (κ1) is 15.9. The minimum atomic E-state index is -0.474. The summed E-state index contributed by atoms with van der Waals surface area (Å²) in [4.78, 5) is 16.2. The maximum absolute atomic E-state index is 12.9. The molecule has 0 unspecified atom stereocenters. The standard InChI is InChI=1S/C16H16FN5O2/c1-9-13(10(2)22(3)20-9)8-18-15(23)16-19-14(21-24-16)11-4-6-12(17)7-5-11/h4-7H,8H2,1-3H3,(H,18,23). The lowest BCUT2D eigenvalue weighted by Crippen LogP contribution is -2.23. The number of carbonyl (C=O) groups is 1. The van der Waals surface area contributed by atoms with E-state index in [1.54, 1.807) is 4.68 Å². The third kappa shape index (κ3) is 3.03. The summed E-state index contributed by atoms with van der Waals surface area (Å²) >= 11 is 0. The maximum atomic E-state index is 12.9. The van der Waals surface area contributed by atoms with Gasteiger partial charge in [-0.1, -0.05) is 5.16 Å². The third-order valence-electron chi connectivity index (χ3n) is 3.81. The van der Waals surface area contributed by atoms with Crippen LogP contribution in [0.5, 0.6) is 0 Å². The minimum absolute atomic E-state index is 0.145. The van der Waals surface area contributed by atoms with Crippen molar-refractivity contribution in [2.45, 2.75) is 20.4 Å². The molecule has 124 valence electrons. The van der Waals surface area contributed by atoms with Gasteiger partial charge in [0.05, 0.1) is 5.69 Å². The molecule has 0 aliphatic rings. The Hall–Kier alpha value is -3.03. The van der Waals surface area contributed by atoms with E-state index in [0.29, 0.717) is 12.1 Å². The van der Waals surface area contributed by atoms with E-state index in [2.05, 4.69) is 20.6 Å². The monoisotopic (exact) mass is 329 g/mol. The molecule has 8 heteroatoms. The molecular formula is C16H16FN5O2. The molecule has 1 amide bonds. The van der Waals surface area contributed by atoms with Crippen molar-refractivity contribution in [3.05, 3.63) is 52.9 Å². The van der Waals surface area contributed by atoms with Gasteiger partial charge in [-0.2, -0.15) is 10.1 Å². The van der Waals surface area contributed by atoms with Crippen LogP contribution in [0.4, 0.5) is 4.39 Å².